The number of hydrogen-bond donors (Lipinski definition) is 2. The van der Waals surface area contributed by atoms with E-state index in [0.717, 1.165) is 0 Å². The number of hydrogen-bond acceptors (Lipinski definition) is 5. The van der Waals surface area contributed by atoms with Crippen LogP contribution in [0.1, 0.15) is 10.4 Å². The summed E-state index contributed by atoms with van der Waals surface area (Å²) in [6.07, 6.45) is 0. The minimum Gasteiger partial charge on any atom is -0.395 e. The second-order valence-electron chi connectivity index (χ2n) is 6.47. The molecular formula is C20H22ClN3O4. The number of amides is 2. The molecule has 3 rings (SSSR count). The van der Waals surface area contributed by atoms with Crippen LogP contribution >= 0.6 is 11.6 Å². The van der Waals surface area contributed by atoms with Crippen molar-refractivity contribution in [2.75, 3.05) is 49.7 Å². The van der Waals surface area contributed by atoms with E-state index in [1.54, 1.807) is 54.4 Å². The summed E-state index contributed by atoms with van der Waals surface area (Å²) in [4.78, 5) is 30.9. The number of benzene rings is 2. The summed E-state index contributed by atoms with van der Waals surface area (Å²) in [6, 6.07) is 12.0. The monoisotopic (exact) mass is 403 g/mol. The molecule has 0 aliphatic carbocycles. The van der Waals surface area contributed by atoms with Crippen molar-refractivity contribution in [3.63, 3.8) is 0 Å². The molecule has 0 bridgehead atoms. The van der Waals surface area contributed by atoms with Gasteiger partial charge in [0.25, 0.3) is 5.91 Å². The van der Waals surface area contributed by atoms with Crippen LogP contribution in [0.3, 0.4) is 0 Å². The van der Waals surface area contributed by atoms with Crippen molar-refractivity contribution in [3.05, 3.63) is 53.1 Å². The van der Waals surface area contributed by atoms with E-state index >= 15 is 0 Å². The van der Waals surface area contributed by atoms with E-state index in [0.29, 0.717) is 27.6 Å². The Morgan fingerprint density at radius 3 is 2.39 bits per heavy atom. The van der Waals surface area contributed by atoms with Crippen molar-refractivity contribution in [1.82, 2.24) is 4.90 Å². The first-order valence-electron chi connectivity index (χ1n) is 8.91. The van der Waals surface area contributed by atoms with Gasteiger partial charge in [-0.25, -0.2) is 0 Å². The first-order valence-corrected chi connectivity index (χ1v) is 9.29. The van der Waals surface area contributed by atoms with Gasteiger partial charge in [0.1, 0.15) is 0 Å². The van der Waals surface area contributed by atoms with Crippen LogP contribution in [0.5, 0.6) is 0 Å². The summed E-state index contributed by atoms with van der Waals surface area (Å²) in [5.41, 5.74) is 1.96. The molecule has 0 aromatic heterocycles. The van der Waals surface area contributed by atoms with Gasteiger partial charge in [-0.2, -0.15) is 0 Å². The Bertz CT molecular complexity index is 884. The number of carbonyl (C=O) groups excluding carboxylic acids is 2. The summed E-state index contributed by atoms with van der Waals surface area (Å²) in [7, 11) is 1.64. The molecule has 0 atom stereocenters. The van der Waals surface area contributed by atoms with E-state index in [-0.39, 0.29) is 44.7 Å². The van der Waals surface area contributed by atoms with Crippen LogP contribution in [0.2, 0.25) is 5.02 Å². The van der Waals surface area contributed by atoms with Gasteiger partial charge in [0.15, 0.2) is 0 Å². The summed E-state index contributed by atoms with van der Waals surface area (Å²) in [5, 5.41) is 18.9. The number of carbonyl (C=O) groups is 2. The minimum atomic E-state index is -0.277. The van der Waals surface area contributed by atoms with Crippen molar-refractivity contribution < 1.29 is 19.8 Å². The molecule has 0 radical (unpaired) electrons. The topological polar surface area (TPSA) is 84.3 Å². The van der Waals surface area contributed by atoms with Gasteiger partial charge < -0.3 is 15.1 Å². The highest BCUT2D eigenvalue weighted by molar-refractivity contribution is 6.31. The zero-order valence-electron chi connectivity index (χ0n) is 15.5. The Labute approximate surface area is 168 Å². The molecule has 0 unspecified atom stereocenters. The maximum absolute atomic E-state index is 13.3. The molecule has 148 valence electrons. The summed E-state index contributed by atoms with van der Waals surface area (Å²) < 4.78 is 0. The molecule has 1 heterocycles. The SMILES string of the molecule is CN1C(=O)c2ccccc2N(C(=O)CN(CCO)CCO)c2ccc(Cl)cc21. The largest absolute Gasteiger partial charge is 0.395 e. The van der Waals surface area contributed by atoms with Crippen molar-refractivity contribution in [3.8, 4) is 0 Å². The lowest BCUT2D eigenvalue weighted by Gasteiger charge is -2.28. The third-order valence-electron chi connectivity index (χ3n) is 4.66. The van der Waals surface area contributed by atoms with Gasteiger partial charge in [-0.3, -0.25) is 19.4 Å². The van der Waals surface area contributed by atoms with Gasteiger partial charge in [-0.1, -0.05) is 23.7 Å². The predicted octanol–water partition coefficient (Wildman–Crippen LogP) is 1.88. The quantitative estimate of drug-likeness (QED) is 0.769. The molecule has 2 aromatic carbocycles. The normalized spacial score (nSPS) is 13.4. The second kappa shape index (κ2) is 8.70. The first-order chi connectivity index (χ1) is 13.5. The highest BCUT2D eigenvalue weighted by Gasteiger charge is 2.32. The molecule has 1 aliphatic rings. The number of rotatable bonds is 6. The Morgan fingerprint density at radius 2 is 1.71 bits per heavy atom. The van der Waals surface area contributed by atoms with Gasteiger partial charge in [0.2, 0.25) is 5.91 Å². The third kappa shape index (κ3) is 3.88. The highest BCUT2D eigenvalue weighted by Crippen LogP contribution is 2.41. The van der Waals surface area contributed by atoms with Crippen LogP contribution in [-0.2, 0) is 4.79 Å². The molecule has 28 heavy (non-hydrogen) atoms. The van der Waals surface area contributed by atoms with Crippen molar-refractivity contribution >= 4 is 40.5 Å². The number of halogens is 1. The van der Waals surface area contributed by atoms with Crippen LogP contribution in [0.25, 0.3) is 0 Å². The number of aliphatic hydroxyl groups is 2. The molecule has 7 nitrogen and oxygen atoms in total. The van der Waals surface area contributed by atoms with Gasteiger partial charge in [0.05, 0.1) is 42.4 Å². The zero-order valence-corrected chi connectivity index (χ0v) is 16.3. The standard InChI is InChI=1S/C20H22ClN3O4/c1-22-18-12-14(21)6-7-17(18)24(16-5-3-2-4-15(16)20(22)28)19(27)13-23(8-10-25)9-11-26/h2-7,12,25-26H,8-11,13H2,1H3. The third-order valence-corrected chi connectivity index (χ3v) is 4.90. The Balaban J connectivity index is 2.11. The maximum Gasteiger partial charge on any atom is 0.260 e. The molecule has 2 N–H and O–H groups in total. The van der Waals surface area contributed by atoms with Gasteiger partial charge in [-0.05, 0) is 30.3 Å². The first kappa shape index (κ1) is 20.3. The maximum atomic E-state index is 13.3. The van der Waals surface area contributed by atoms with Crippen molar-refractivity contribution in [2.45, 2.75) is 0 Å². The van der Waals surface area contributed by atoms with E-state index in [1.165, 1.54) is 9.80 Å². The number of para-hydroxylation sites is 1. The van der Waals surface area contributed by atoms with Crippen LogP contribution in [-0.4, -0.2) is 66.8 Å². The molecule has 0 fully saturated rings. The smallest absolute Gasteiger partial charge is 0.260 e. The van der Waals surface area contributed by atoms with Crippen LogP contribution in [0.15, 0.2) is 42.5 Å². The van der Waals surface area contributed by atoms with Gasteiger partial charge in [-0.15, -0.1) is 0 Å². The molecule has 0 spiro atoms. The van der Waals surface area contributed by atoms with Crippen LogP contribution in [0, 0.1) is 0 Å². The lowest BCUT2D eigenvalue weighted by Crippen LogP contribution is -2.40. The number of aliphatic hydroxyl groups excluding tert-OH is 2. The van der Waals surface area contributed by atoms with Crippen LogP contribution < -0.4 is 9.80 Å². The highest BCUT2D eigenvalue weighted by atomic mass is 35.5. The van der Waals surface area contributed by atoms with E-state index < -0.39 is 0 Å². The zero-order chi connectivity index (χ0) is 20.3. The molecule has 8 heteroatoms. The van der Waals surface area contributed by atoms with E-state index in [9.17, 15) is 19.8 Å². The fraction of sp³-hybridized carbons (Fsp3) is 0.300. The lowest BCUT2D eigenvalue weighted by atomic mass is 10.1. The fourth-order valence-corrected chi connectivity index (χ4v) is 3.47. The molecular weight excluding hydrogens is 382 g/mol. The molecule has 1 aliphatic heterocycles. The van der Waals surface area contributed by atoms with E-state index in [1.807, 2.05) is 0 Å². The van der Waals surface area contributed by atoms with E-state index in [4.69, 9.17) is 11.6 Å². The minimum absolute atomic E-state index is 0.0184. The second-order valence-corrected chi connectivity index (χ2v) is 6.90. The Kier molecular flexibility index (Phi) is 6.31. The number of fused-ring (bicyclic) bond motifs is 2. The van der Waals surface area contributed by atoms with Gasteiger partial charge in [0, 0.05) is 25.2 Å². The van der Waals surface area contributed by atoms with Crippen LogP contribution in [0.4, 0.5) is 17.1 Å². The summed E-state index contributed by atoms with van der Waals surface area (Å²) >= 11 is 6.14. The summed E-state index contributed by atoms with van der Waals surface area (Å²) in [5.74, 6) is -0.516. The average Bonchev–Trinajstić information content (AvgIpc) is 2.77. The van der Waals surface area contributed by atoms with Crippen molar-refractivity contribution in [2.24, 2.45) is 0 Å². The Morgan fingerprint density at radius 1 is 1.04 bits per heavy atom. The summed E-state index contributed by atoms with van der Waals surface area (Å²) in [6.45, 7) is 0.242. The predicted molar refractivity (Wildman–Crippen MR) is 108 cm³/mol. The average molecular weight is 404 g/mol. The van der Waals surface area contributed by atoms with Gasteiger partial charge >= 0.3 is 0 Å². The molecule has 0 saturated carbocycles. The molecule has 2 amide bonds. The van der Waals surface area contributed by atoms with E-state index in [2.05, 4.69) is 0 Å². The fourth-order valence-electron chi connectivity index (χ4n) is 3.31. The lowest BCUT2D eigenvalue weighted by molar-refractivity contribution is -0.119. The Hall–Kier alpha value is -2.45. The number of nitrogens with zero attached hydrogens (tertiary/aromatic N) is 3. The molecule has 2 aromatic rings. The van der Waals surface area contributed by atoms with Crippen molar-refractivity contribution in [1.29, 1.82) is 0 Å². The molecule has 0 saturated heterocycles. The number of anilines is 3.